The Kier molecular flexibility index (Phi) is 59.2. The molecule has 1 unspecified atom stereocenters. The molecule has 0 saturated heterocycles. The third kappa shape index (κ3) is 59.9. The van der Waals surface area contributed by atoms with Gasteiger partial charge in [0.25, 0.3) is 0 Å². The van der Waals surface area contributed by atoms with Gasteiger partial charge in [-0.1, -0.05) is 261 Å². The summed E-state index contributed by atoms with van der Waals surface area (Å²) in [5, 5.41) is 0. The normalized spacial score (nSPS) is 12.4. The molecule has 73 heavy (non-hydrogen) atoms. The number of hydrogen-bond acceptors (Lipinski definition) is 6. The van der Waals surface area contributed by atoms with Crippen LogP contribution in [0.5, 0.6) is 0 Å². The molecule has 6 heteroatoms. The summed E-state index contributed by atoms with van der Waals surface area (Å²) in [7, 11) is 0. The zero-order valence-corrected chi connectivity index (χ0v) is 48.7. The van der Waals surface area contributed by atoms with E-state index in [-0.39, 0.29) is 31.1 Å². The van der Waals surface area contributed by atoms with Gasteiger partial charge in [0.2, 0.25) is 0 Å². The Morgan fingerprint density at radius 1 is 0.274 bits per heavy atom. The van der Waals surface area contributed by atoms with E-state index in [0.717, 1.165) is 89.9 Å². The van der Waals surface area contributed by atoms with Crippen molar-refractivity contribution in [2.75, 3.05) is 13.2 Å². The first kappa shape index (κ1) is 70.1. The van der Waals surface area contributed by atoms with E-state index in [1.54, 1.807) is 0 Å². The molecule has 0 rings (SSSR count). The van der Waals surface area contributed by atoms with Crippen LogP contribution in [0.25, 0.3) is 0 Å². The molecule has 0 aromatic rings. The van der Waals surface area contributed by atoms with E-state index in [4.69, 9.17) is 14.2 Å². The lowest BCUT2D eigenvalue weighted by Crippen LogP contribution is -2.30. The number of carbonyl (C=O) groups excluding carboxylic acids is 3. The lowest BCUT2D eigenvalue weighted by Gasteiger charge is -2.18. The van der Waals surface area contributed by atoms with Crippen LogP contribution in [0.1, 0.15) is 329 Å². The first-order valence-electron chi connectivity index (χ1n) is 31.8. The summed E-state index contributed by atoms with van der Waals surface area (Å²) in [6, 6.07) is 0. The number of rotatable bonds is 58. The van der Waals surface area contributed by atoms with Gasteiger partial charge in [-0.05, 0) is 109 Å². The van der Waals surface area contributed by atoms with Gasteiger partial charge in [-0.15, -0.1) is 0 Å². The number of hydrogen-bond donors (Lipinski definition) is 0. The second-order valence-corrected chi connectivity index (χ2v) is 21.3. The monoisotopic (exact) mass is 1020 g/mol. The Morgan fingerprint density at radius 2 is 0.493 bits per heavy atom. The van der Waals surface area contributed by atoms with Gasteiger partial charge in [0, 0.05) is 19.3 Å². The Balaban J connectivity index is 4.34. The number of allylic oxidation sites excluding steroid dienone is 10. The molecule has 0 amide bonds. The van der Waals surface area contributed by atoms with Crippen LogP contribution in [0.2, 0.25) is 0 Å². The highest BCUT2D eigenvalue weighted by atomic mass is 16.6. The topological polar surface area (TPSA) is 78.9 Å². The first-order chi connectivity index (χ1) is 36.0. The molecule has 0 bridgehead atoms. The highest BCUT2D eigenvalue weighted by Crippen LogP contribution is 2.16. The van der Waals surface area contributed by atoms with E-state index < -0.39 is 6.10 Å². The van der Waals surface area contributed by atoms with Crippen molar-refractivity contribution in [1.29, 1.82) is 0 Å². The van der Waals surface area contributed by atoms with Crippen LogP contribution < -0.4 is 0 Å². The number of esters is 3. The maximum Gasteiger partial charge on any atom is 0.306 e. The van der Waals surface area contributed by atoms with Gasteiger partial charge in [-0.2, -0.15) is 0 Å². The van der Waals surface area contributed by atoms with Gasteiger partial charge in [0.05, 0.1) is 0 Å². The van der Waals surface area contributed by atoms with Crippen molar-refractivity contribution in [1.82, 2.24) is 0 Å². The van der Waals surface area contributed by atoms with Crippen LogP contribution in [0, 0.1) is 0 Å². The first-order valence-corrected chi connectivity index (χ1v) is 31.8. The van der Waals surface area contributed by atoms with Crippen molar-refractivity contribution in [3.63, 3.8) is 0 Å². The number of ether oxygens (including phenoxy) is 3. The predicted octanol–water partition coefficient (Wildman–Crippen LogP) is 21.6. The predicted molar refractivity (Wildman–Crippen MR) is 316 cm³/mol. The summed E-state index contributed by atoms with van der Waals surface area (Å²) < 4.78 is 16.9. The van der Waals surface area contributed by atoms with Crippen LogP contribution in [-0.2, 0) is 28.6 Å². The largest absolute Gasteiger partial charge is 0.462 e. The fraction of sp³-hybridized carbons (Fsp3) is 0.806. The van der Waals surface area contributed by atoms with Crippen LogP contribution >= 0.6 is 0 Å². The molecule has 1 atom stereocenters. The molecule has 0 saturated carbocycles. The molecular formula is C67H120O6. The quantitative estimate of drug-likeness (QED) is 0.0261. The molecule has 0 aliphatic heterocycles. The molecule has 0 aromatic carbocycles. The van der Waals surface area contributed by atoms with E-state index in [1.165, 1.54) is 199 Å². The second kappa shape index (κ2) is 61.7. The molecule has 6 nitrogen and oxygen atoms in total. The van der Waals surface area contributed by atoms with Crippen LogP contribution in [0.15, 0.2) is 60.8 Å². The van der Waals surface area contributed by atoms with E-state index in [1.807, 2.05) is 0 Å². The summed E-state index contributed by atoms with van der Waals surface area (Å²) >= 11 is 0. The van der Waals surface area contributed by atoms with E-state index in [0.29, 0.717) is 19.3 Å². The summed E-state index contributed by atoms with van der Waals surface area (Å²) in [5.41, 5.74) is 0. The van der Waals surface area contributed by atoms with Crippen LogP contribution in [0.4, 0.5) is 0 Å². The van der Waals surface area contributed by atoms with Crippen LogP contribution in [0.3, 0.4) is 0 Å². The van der Waals surface area contributed by atoms with E-state index >= 15 is 0 Å². The van der Waals surface area contributed by atoms with E-state index in [2.05, 4.69) is 81.5 Å². The third-order valence-corrected chi connectivity index (χ3v) is 14.0. The zero-order valence-electron chi connectivity index (χ0n) is 48.7. The number of carbonyl (C=O) groups is 3. The smallest absolute Gasteiger partial charge is 0.306 e. The molecule has 0 radical (unpaired) electrons. The van der Waals surface area contributed by atoms with Crippen LogP contribution in [-0.4, -0.2) is 37.2 Å². The van der Waals surface area contributed by atoms with Crippen molar-refractivity contribution in [2.45, 2.75) is 335 Å². The van der Waals surface area contributed by atoms with Gasteiger partial charge in [0.15, 0.2) is 6.10 Å². The van der Waals surface area contributed by atoms with Crippen molar-refractivity contribution < 1.29 is 28.6 Å². The standard InChI is InChI=1S/C67H120O6/c1-4-7-10-13-16-19-22-25-28-30-31-32-33-34-35-37-39-42-45-48-51-54-57-60-66(69)72-63-64(62-71-65(68)59-56-53-50-47-44-41-38-27-24-21-18-15-12-9-6-3)73-67(70)61-58-55-52-49-46-43-40-36-29-26-23-20-17-14-11-8-5-2/h17-18,20-21,26-27,29-31,38,64H,4-16,19,22-25,28,32-37,39-63H2,1-3H3/b20-17-,21-18-,29-26-,31-30-,38-27-. The maximum atomic E-state index is 12.9. The summed E-state index contributed by atoms with van der Waals surface area (Å²) in [4.78, 5) is 38.3. The Labute approximate surface area is 453 Å². The lowest BCUT2D eigenvalue weighted by atomic mass is 10.0. The van der Waals surface area contributed by atoms with Gasteiger partial charge < -0.3 is 14.2 Å². The van der Waals surface area contributed by atoms with Gasteiger partial charge in [0.1, 0.15) is 13.2 Å². The van der Waals surface area contributed by atoms with Gasteiger partial charge in [-0.3, -0.25) is 14.4 Å². The fourth-order valence-electron chi connectivity index (χ4n) is 9.15. The Bertz CT molecular complexity index is 1310. The summed E-state index contributed by atoms with van der Waals surface area (Å²) in [5.74, 6) is -0.888. The molecule has 0 aromatic heterocycles. The lowest BCUT2D eigenvalue weighted by molar-refractivity contribution is -0.167. The Morgan fingerprint density at radius 3 is 0.795 bits per heavy atom. The van der Waals surface area contributed by atoms with Crippen molar-refractivity contribution in [3.05, 3.63) is 60.8 Å². The molecule has 424 valence electrons. The van der Waals surface area contributed by atoms with E-state index in [9.17, 15) is 14.4 Å². The molecular weight excluding hydrogens is 901 g/mol. The molecule has 0 heterocycles. The minimum Gasteiger partial charge on any atom is -0.462 e. The van der Waals surface area contributed by atoms with Crippen molar-refractivity contribution >= 4 is 17.9 Å². The third-order valence-electron chi connectivity index (χ3n) is 14.0. The van der Waals surface area contributed by atoms with Gasteiger partial charge >= 0.3 is 17.9 Å². The highest BCUT2D eigenvalue weighted by Gasteiger charge is 2.19. The minimum absolute atomic E-state index is 0.0808. The molecule has 0 fully saturated rings. The fourth-order valence-corrected chi connectivity index (χ4v) is 9.15. The maximum absolute atomic E-state index is 12.9. The SMILES string of the molecule is CCCCC/C=C\C/C=C\CCCCCCCCCC(=O)OC(COC(=O)CCCCCCC/C=C\C/C=C\CCCCC)COC(=O)CCCCCCCCCCCCC/C=C\CCCCCCCCCC. The Hall–Kier alpha value is -2.89. The average Bonchev–Trinajstić information content (AvgIpc) is 3.39. The summed E-state index contributed by atoms with van der Waals surface area (Å²) in [6.45, 7) is 6.61. The second-order valence-electron chi connectivity index (χ2n) is 21.3. The molecule has 0 N–H and O–H groups in total. The molecule has 0 aliphatic rings. The zero-order chi connectivity index (χ0) is 52.9. The highest BCUT2D eigenvalue weighted by molar-refractivity contribution is 5.71. The average molecular weight is 1020 g/mol. The molecule has 0 aliphatic carbocycles. The van der Waals surface area contributed by atoms with Crippen molar-refractivity contribution in [3.8, 4) is 0 Å². The van der Waals surface area contributed by atoms with Crippen molar-refractivity contribution in [2.24, 2.45) is 0 Å². The minimum atomic E-state index is -0.785. The molecule has 0 spiro atoms. The number of unbranched alkanes of at least 4 members (excludes halogenated alkanes) is 37. The summed E-state index contributed by atoms with van der Waals surface area (Å²) in [6.07, 6.45) is 77.9. The van der Waals surface area contributed by atoms with Gasteiger partial charge in [-0.25, -0.2) is 0 Å².